The van der Waals surface area contributed by atoms with Gasteiger partial charge in [-0.3, -0.25) is 4.90 Å². The number of nitrogens with zero attached hydrogens (tertiary/aromatic N) is 2. The van der Waals surface area contributed by atoms with Crippen molar-refractivity contribution >= 4 is 0 Å². The second-order valence-electron chi connectivity index (χ2n) is 8.17. The Labute approximate surface area is 218 Å². The van der Waals surface area contributed by atoms with E-state index in [2.05, 4.69) is 23.6 Å². The Bertz CT molecular complexity index is 367. The van der Waals surface area contributed by atoms with Gasteiger partial charge in [0.2, 0.25) is 0 Å². The molecule has 0 aliphatic carbocycles. The standard InChI is InChI=1S/C7H15N.C6H15NO5.C6H13NO.C2H8N2.C2H7NO/c1-2-8-6-4-3-5-7-8;7-1-3(9)5(11)6(12)4(10)2-8;1-2-7-3-5-8-6-4-7;2*3-1-2-4/h2-7H2,1H3;3-6,8-12H,1-2,7H2;2-6H2,1H3;1-4H2;4H,1-3H2. The lowest BCUT2D eigenvalue weighted by atomic mass is 10.0. The maximum Gasteiger partial charge on any atom is 0.111 e. The fourth-order valence-electron chi connectivity index (χ4n) is 2.90. The zero-order valence-corrected chi connectivity index (χ0v) is 22.6. The number of piperidine rings is 1. The van der Waals surface area contributed by atoms with Gasteiger partial charge in [-0.25, -0.2) is 0 Å². The van der Waals surface area contributed by atoms with E-state index in [1.54, 1.807) is 0 Å². The average Bonchev–Trinajstić information content (AvgIpc) is 2.97. The van der Waals surface area contributed by atoms with E-state index < -0.39 is 31.0 Å². The molecule has 2 aliphatic heterocycles. The molecule has 0 spiro atoms. The molecule has 2 fully saturated rings. The van der Waals surface area contributed by atoms with Gasteiger partial charge in [0.15, 0.2) is 0 Å². The SMILES string of the molecule is CCN1CCCCC1.CCN1CCOCC1.NCC(O)C(O)C(O)C(O)CO.NCCN.NCCO. The molecule has 0 bridgehead atoms. The second-order valence-corrected chi connectivity index (χ2v) is 8.17. The molecule has 0 aromatic carbocycles. The predicted octanol–water partition coefficient (Wildman–Crippen LogP) is -3.95. The van der Waals surface area contributed by atoms with E-state index in [0.717, 1.165) is 26.3 Å². The van der Waals surface area contributed by atoms with Crippen molar-refractivity contribution in [1.82, 2.24) is 9.80 Å². The molecule has 36 heavy (non-hydrogen) atoms. The van der Waals surface area contributed by atoms with Crippen LogP contribution in [-0.2, 0) is 4.74 Å². The van der Waals surface area contributed by atoms with Crippen LogP contribution >= 0.6 is 0 Å². The monoisotopic (exact) mass is 530 g/mol. The normalized spacial score (nSPS) is 19.3. The number of ether oxygens (including phenoxy) is 1. The Balaban J connectivity index is -0.000000402. The molecule has 4 atom stereocenters. The first-order valence-corrected chi connectivity index (χ1v) is 13.0. The third kappa shape index (κ3) is 25.1. The number of aliphatic hydroxyl groups is 6. The topological polar surface area (TPSA) is 241 Å². The lowest BCUT2D eigenvalue weighted by Crippen LogP contribution is -2.48. The molecule has 0 saturated carbocycles. The quantitative estimate of drug-likeness (QED) is 0.137. The maximum absolute atomic E-state index is 9.04. The number of aliphatic hydroxyl groups excluding tert-OH is 6. The van der Waals surface area contributed by atoms with Gasteiger partial charge in [-0.05, 0) is 39.0 Å². The number of hydrogen-bond acceptors (Lipinski definition) is 13. The van der Waals surface area contributed by atoms with E-state index in [1.807, 2.05) is 0 Å². The van der Waals surface area contributed by atoms with Crippen LogP contribution < -0.4 is 22.9 Å². The van der Waals surface area contributed by atoms with Crippen molar-refractivity contribution < 1.29 is 35.4 Å². The van der Waals surface area contributed by atoms with E-state index in [-0.39, 0.29) is 13.2 Å². The van der Waals surface area contributed by atoms with Crippen LogP contribution in [0, 0.1) is 0 Å². The van der Waals surface area contributed by atoms with Crippen molar-refractivity contribution in [2.45, 2.75) is 57.5 Å². The zero-order valence-electron chi connectivity index (χ0n) is 22.6. The summed E-state index contributed by atoms with van der Waals surface area (Å²) in [6.45, 7) is 14.4. The molecule has 2 aliphatic rings. The van der Waals surface area contributed by atoms with Gasteiger partial charge in [-0.1, -0.05) is 20.3 Å². The first kappa shape index (κ1) is 40.0. The molecule has 2 rings (SSSR count). The summed E-state index contributed by atoms with van der Waals surface area (Å²) in [6, 6.07) is 0. The van der Waals surface area contributed by atoms with Gasteiger partial charge in [0.05, 0.1) is 32.5 Å². The Kier molecular flexibility index (Phi) is 34.1. The van der Waals surface area contributed by atoms with Gasteiger partial charge in [0.1, 0.15) is 18.3 Å². The third-order valence-electron chi connectivity index (χ3n) is 5.31. The summed E-state index contributed by atoms with van der Waals surface area (Å²) in [7, 11) is 0. The summed E-state index contributed by atoms with van der Waals surface area (Å²) in [5, 5.41) is 51.9. The van der Waals surface area contributed by atoms with Crippen LogP contribution in [0.2, 0.25) is 0 Å². The van der Waals surface area contributed by atoms with Crippen molar-refractivity contribution in [1.29, 1.82) is 0 Å². The number of likely N-dealkylation sites (N-methyl/N-ethyl adjacent to an activating group) is 1. The number of morpholine rings is 1. The Hall–Kier alpha value is -0.520. The first-order chi connectivity index (χ1) is 17.2. The molecule has 0 aromatic rings. The van der Waals surface area contributed by atoms with E-state index in [9.17, 15) is 0 Å². The molecule has 0 radical (unpaired) electrons. The van der Waals surface area contributed by atoms with Gasteiger partial charge in [0.25, 0.3) is 0 Å². The van der Waals surface area contributed by atoms with Gasteiger partial charge >= 0.3 is 0 Å². The summed E-state index contributed by atoms with van der Waals surface area (Å²) < 4.78 is 5.16. The summed E-state index contributed by atoms with van der Waals surface area (Å²) in [6.07, 6.45) is -1.61. The minimum absolute atomic E-state index is 0.0972. The Morgan fingerprint density at radius 3 is 1.36 bits per heavy atom. The van der Waals surface area contributed by atoms with Crippen molar-refractivity contribution in [2.24, 2.45) is 22.9 Å². The van der Waals surface area contributed by atoms with Crippen molar-refractivity contribution in [2.75, 3.05) is 91.9 Å². The molecule has 0 amide bonds. The highest BCUT2D eigenvalue weighted by molar-refractivity contribution is 4.80. The van der Waals surface area contributed by atoms with E-state index in [0.29, 0.717) is 19.6 Å². The molecule has 4 unspecified atom stereocenters. The Morgan fingerprint density at radius 1 is 0.667 bits per heavy atom. The highest BCUT2D eigenvalue weighted by atomic mass is 16.5. The summed E-state index contributed by atoms with van der Waals surface area (Å²) in [5.41, 5.74) is 19.6. The van der Waals surface area contributed by atoms with Gasteiger partial charge in [-0.15, -0.1) is 0 Å². The van der Waals surface area contributed by atoms with Crippen LogP contribution in [0.3, 0.4) is 0 Å². The number of nitrogens with two attached hydrogens (primary N) is 4. The first-order valence-electron chi connectivity index (χ1n) is 13.0. The average molecular weight is 531 g/mol. The number of hydrogen-bond donors (Lipinski definition) is 10. The lowest BCUT2D eigenvalue weighted by molar-refractivity contribution is -0.112. The fraction of sp³-hybridized carbons (Fsp3) is 1.00. The van der Waals surface area contributed by atoms with Crippen molar-refractivity contribution in [3.63, 3.8) is 0 Å². The molecule has 2 heterocycles. The predicted molar refractivity (Wildman–Crippen MR) is 143 cm³/mol. The molecule has 2 saturated heterocycles. The number of rotatable bonds is 9. The van der Waals surface area contributed by atoms with E-state index in [1.165, 1.54) is 45.4 Å². The summed E-state index contributed by atoms with van der Waals surface area (Å²) in [4.78, 5) is 4.91. The third-order valence-corrected chi connectivity index (χ3v) is 5.31. The van der Waals surface area contributed by atoms with E-state index >= 15 is 0 Å². The summed E-state index contributed by atoms with van der Waals surface area (Å²) in [5.74, 6) is 0. The van der Waals surface area contributed by atoms with Gasteiger partial charge in [-0.2, -0.15) is 0 Å². The molecular formula is C23H58N6O7. The maximum atomic E-state index is 9.04. The highest BCUT2D eigenvalue weighted by Gasteiger charge is 2.28. The van der Waals surface area contributed by atoms with Crippen LogP contribution in [0.25, 0.3) is 0 Å². The van der Waals surface area contributed by atoms with Crippen LogP contribution in [0.5, 0.6) is 0 Å². The van der Waals surface area contributed by atoms with E-state index in [4.69, 9.17) is 58.3 Å². The highest BCUT2D eigenvalue weighted by Crippen LogP contribution is 2.06. The molecule has 14 N–H and O–H groups in total. The Morgan fingerprint density at radius 2 is 1.08 bits per heavy atom. The second kappa shape index (κ2) is 30.7. The van der Waals surface area contributed by atoms with Crippen molar-refractivity contribution in [3.8, 4) is 0 Å². The van der Waals surface area contributed by atoms with Gasteiger partial charge in [0, 0.05) is 39.3 Å². The molecule has 13 nitrogen and oxygen atoms in total. The van der Waals surface area contributed by atoms with Crippen LogP contribution in [-0.4, -0.2) is 157 Å². The molecule has 0 aromatic heterocycles. The zero-order chi connectivity index (χ0) is 28.2. The number of likely N-dealkylation sites (tertiary alicyclic amines) is 1. The van der Waals surface area contributed by atoms with Crippen LogP contribution in [0.1, 0.15) is 33.1 Å². The summed E-state index contributed by atoms with van der Waals surface area (Å²) >= 11 is 0. The minimum Gasteiger partial charge on any atom is -0.395 e. The van der Waals surface area contributed by atoms with Crippen LogP contribution in [0.4, 0.5) is 0 Å². The molecule has 222 valence electrons. The smallest absolute Gasteiger partial charge is 0.111 e. The molecular weight excluding hydrogens is 472 g/mol. The van der Waals surface area contributed by atoms with Crippen LogP contribution in [0.15, 0.2) is 0 Å². The molecule has 13 heteroatoms. The lowest BCUT2D eigenvalue weighted by Gasteiger charge is -2.24. The fourth-order valence-corrected chi connectivity index (χ4v) is 2.90. The van der Waals surface area contributed by atoms with Crippen molar-refractivity contribution in [3.05, 3.63) is 0 Å². The largest absolute Gasteiger partial charge is 0.395 e. The minimum atomic E-state index is -1.59. The van der Waals surface area contributed by atoms with Gasteiger partial charge < -0.3 is 63.2 Å².